The van der Waals surface area contributed by atoms with Gasteiger partial charge in [0.2, 0.25) is 0 Å². The van der Waals surface area contributed by atoms with E-state index in [-0.39, 0.29) is 5.41 Å². The molecule has 1 N–H and O–H groups in total. The minimum atomic E-state index is 0.252. The minimum Gasteiger partial charge on any atom is -0.306 e. The molecule has 4 heteroatoms. The van der Waals surface area contributed by atoms with E-state index in [2.05, 4.69) is 31.0 Å². The molecule has 0 saturated carbocycles. The fourth-order valence-corrected chi connectivity index (χ4v) is 1.06. The Morgan fingerprint density at radius 2 is 2.27 bits per heavy atom. The summed E-state index contributed by atoms with van der Waals surface area (Å²) in [5, 5.41) is 6.56. The van der Waals surface area contributed by atoms with Gasteiger partial charge in [-0.1, -0.05) is 20.8 Å². The van der Waals surface area contributed by atoms with Gasteiger partial charge in [0, 0.05) is 6.54 Å². The van der Waals surface area contributed by atoms with Crippen molar-refractivity contribution in [2.45, 2.75) is 27.3 Å². The molecule has 0 aliphatic carbocycles. The monoisotopic (exact) mass is 171 g/mol. The zero-order valence-electron chi connectivity index (χ0n) is 7.09. The molecule has 11 heavy (non-hydrogen) atoms. The summed E-state index contributed by atoms with van der Waals surface area (Å²) in [7, 11) is 0. The zero-order chi connectivity index (χ0) is 8.48. The lowest BCUT2D eigenvalue weighted by atomic mass is 9.97. The fourth-order valence-electron chi connectivity index (χ4n) is 0.894. The molecule has 3 nitrogen and oxygen atoms in total. The Hall–Kier alpha value is -0.640. The molecule has 0 spiro atoms. The smallest absolute Gasteiger partial charge is 0.194 e. The van der Waals surface area contributed by atoms with Crippen molar-refractivity contribution in [3.05, 3.63) is 11.1 Å². The van der Waals surface area contributed by atoms with Crippen LogP contribution in [-0.2, 0) is 6.54 Å². The molecule has 0 atom stereocenters. The first-order chi connectivity index (χ1) is 4.99. The Labute approximate surface area is 71.4 Å². The van der Waals surface area contributed by atoms with Gasteiger partial charge in [0.1, 0.15) is 6.33 Å². The van der Waals surface area contributed by atoms with Gasteiger partial charge in [-0.05, 0) is 17.6 Å². The molecule has 0 fully saturated rings. The lowest BCUT2D eigenvalue weighted by Gasteiger charge is -2.17. The van der Waals surface area contributed by atoms with Crippen molar-refractivity contribution in [1.82, 2.24) is 14.8 Å². The molecule has 1 rings (SSSR count). The molecular weight excluding hydrogens is 158 g/mol. The van der Waals surface area contributed by atoms with Gasteiger partial charge in [0.05, 0.1) is 0 Å². The number of hydrogen-bond donors (Lipinski definition) is 1. The van der Waals surface area contributed by atoms with Crippen molar-refractivity contribution in [3.63, 3.8) is 0 Å². The van der Waals surface area contributed by atoms with Crippen LogP contribution in [-0.4, -0.2) is 14.8 Å². The van der Waals surface area contributed by atoms with Gasteiger partial charge in [-0.2, -0.15) is 5.10 Å². The standard InChI is InChI=1S/C7H13N3S/c1-7(2,3)4-10-5-8-9-6(10)11/h5H,4H2,1-3H3,(H,9,11). The second kappa shape index (κ2) is 2.77. The minimum absolute atomic E-state index is 0.252. The van der Waals surface area contributed by atoms with Crippen LogP contribution in [0.1, 0.15) is 20.8 Å². The van der Waals surface area contributed by atoms with E-state index >= 15 is 0 Å². The van der Waals surface area contributed by atoms with E-state index in [0.29, 0.717) is 4.77 Å². The van der Waals surface area contributed by atoms with Gasteiger partial charge in [-0.25, -0.2) is 0 Å². The summed E-state index contributed by atoms with van der Waals surface area (Å²) in [6.07, 6.45) is 1.73. The van der Waals surface area contributed by atoms with Gasteiger partial charge < -0.3 is 4.57 Å². The summed E-state index contributed by atoms with van der Waals surface area (Å²) in [6, 6.07) is 0. The van der Waals surface area contributed by atoms with Gasteiger partial charge in [-0.15, -0.1) is 0 Å². The van der Waals surface area contributed by atoms with Crippen LogP contribution in [0, 0.1) is 10.2 Å². The molecule has 0 saturated heterocycles. The molecule has 0 aromatic carbocycles. The van der Waals surface area contributed by atoms with E-state index in [1.807, 2.05) is 4.57 Å². The Bertz CT molecular complexity index is 278. The number of aromatic nitrogens is 3. The predicted molar refractivity (Wildman–Crippen MR) is 46.9 cm³/mol. The highest BCUT2D eigenvalue weighted by Gasteiger charge is 2.10. The van der Waals surface area contributed by atoms with Crippen LogP contribution in [0.15, 0.2) is 6.33 Å². The van der Waals surface area contributed by atoms with Crippen LogP contribution in [0.3, 0.4) is 0 Å². The van der Waals surface area contributed by atoms with Crippen LogP contribution in [0.25, 0.3) is 0 Å². The SMILES string of the molecule is CC(C)(C)Cn1cn[nH]c1=S. The number of aromatic amines is 1. The second-order valence-corrected chi connectivity index (χ2v) is 4.24. The summed E-state index contributed by atoms with van der Waals surface area (Å²) in [5.74, 6) is 0. The quantitative estimate of drug-likeness (QED) is 0.655. The van der Waals surface area contributed by atoms with Crippen molar-refractivity contribution in [2.24, 2.45) is 5.41 Å². The average Bonchev–Trinajstić information content (AvgIpc) is 2.12. The van der Waals surface area contributed by atoms with Crippen molar-refractivity contribution < 1.29 is 0 Å². The third-order valence-electron chi connectivity index (χ3n) is 1.26. The maximum atomic E-state index is 5.00. The first-order valence-corrected chi connectivity index (χ1v) is 4.00. The molecule has 0 unspecified atom stereocenters. The topological polar surface area (TPSA) is 33.6 Å². The third kappa shape index (κ3) is 2.46. The first-order valence-electron chi connectivity index (χ1n) is 3.59. The highest BCUT2D eigenvalue weighted by Crippen LogP contribution is 2.15. The molecule has 0 bridgehead atoms. The average molecular weight is 171 g/mol. The number of nitrogens with one attached hydrogen (secondary N) is 1. The maximum Gasteiger partial charge on any atom is 0.194 e. The summed E-state index contributed by atoms with van der Waals surface area (Å²) in [4.78, 5) is 0. The number of rotatable bonds is 1. The largest absolute Gasteiger partial charge is 0.306 e. The van der Waals surface area contributed by atoms with Crippen LogP contribution in [0.5, 0.6) is 0 Å². The van der Waals surface area contributed by atoms with Gasteiger partial charge >= 0.3 is 0 Å². The zero-order valence-corrected chi connectivity index (χ0v) is 7.90. The van der Waals surface area contributed by atoms with Crippen molar-refractivity contribution in [1.29, 1.82) is 0 Å². The highest BCUT2D eigenvalue weighted by atomic mass is 32.1. The first kappa shape index (κ1) is 8.46. The molecule has 0 aliphatic heterocycles. The summed E-state index contributed by atoms with van der Waals surface area (Å²) < 4.78 is 2.63. The fraction of sp³-hybridized carbons (Fsp3) is 0.714. The van der Waals surface area contributed by atoms with Crippen LogP contribution in [0.4, 0.5) is 0 Å². The van der Waals surface area contributed by atoms with Crippen molar-refractivity contribution in [3.8, 4) is 0 Å². The predicted octanol–water partition coefficient (Wildman–Crippen LogP) is 1.99. The number of nitrogens with zero attached hydrogens (tertiary/aromatic N) is 2. The molecule has 0 aliphatic rings. The summed E-state index contributed by atoms with van der Waals surface area (Å²) >= 11 is 5.00. The van der Waals surface area contributed by atoms with Crippen LogP contribution >= 0.6 is 12.2 Å². The summed E-state index contributed by atoms with van der Waals surface area (Å²) in [5.41, 5.74) is 0.252. The van der Waals surface area contributed by atoms with E-state index in [1.54, 1.807) is 6.33 Å². The molecule has 1 aromatic rings. The van der Waals surface area contributed by atoms with Gasteiger partial charge in [-0.3, -0.25) is 5.10 Å². The third-order valence-corrected chi connectivity index (χ3v) is 1.59. The molecule has 1 aromatic heterocycles. The molecular formula is C7H13N3S. The molecule has 62 valence electrons. The Kier molecular flexibility index (Phi) is 2.13. The molecule has 0 amide bonds. The van der Waals surface area contributed by atoms with Crippen LogP contribution < -0.4 is 0 Å². The van der Waals surface area contributed by atoms with E-state index in [4.69, 9.17) is 12.2 Å². The normalized spacial score (nSPS) is 11.9. The van der Waals surface area contributed by atoms with Crippen molar-refractivity contribution >= 4 is 12.2 Å². The Morgan fingerprint density at radius 1 is 1.64 bits per heavy atom. The number of hydrogen-bond acceptors (Lipinski definition) is 2. The summed E-state index contributed by atoms with van der Waals surface area (Å²) in [6.45, 7) is 7.41. The Morgan fingerprint density at radius 3 is 2.64 bits per heavy atom. The number of H-pyrrole nitrogens is 1. The Balaban J connectivity index is 2.80. The lowest BCUT2D eigenvalue weighted by molar-refractivity contribution is 0.341. The highest BCUT2D eigenvalue weighted by molar-refractivity contribution is 7.71. The van der Waals surface area contributed by atoms with Gasteiger partial charge in [0.25, 0.3) is 0 Å². The lowest BCUT2D eigenvalue weighted by Crippen LogP contribution is -2.14. The van der Waals surface area contributed by atoms with E-state index in [9.17, 15) is 0 Å². The van der Waals surface area contributed by atoms with Crippen molar-refractivity contribution in [2.75, 3.05) is 0 Å². The van der Waals surface area contributed by atoms with Crippen LogP contribution in [0.2, 0.25) is 0 Å². The van der Waals surface area contributed by atoms with Gasteiger partial charge in [0.15, 0.2) is 4.77 Å². The maximum absolute atomic E-state index is 5.00. The second-order valence-electron chi connectivity index (χ2n) is 3.85. The van der Waals surface area contributed by atoms with E-state index < -0.39 is 0 Å². The van der Waals surface area contributed by atoms with E-state index in [0.717, 1.165) is 6.54 Å². The molecule has 1 heterocycles. The van der Waals surface area contributed by atoms with E-state index in [1.165, 1.54) is 0 Å². The molecule has 0 radical (unpaired) electrons.